The highest BCUT2D eigenvalue weighted by molar-refractivity contribution is 5.85. The topological polar surface area (TPSA) is 95.8 Å². The van der Waals surface area contributed by atoms with Crippen molar-refractivity contribution >= 4 is 24.0 Å². The highest BCUT2D eigenvalue weighted by Gasteiger charge is 2.25. The van der Waals surface area contributed by atoms with E-state index in [1.165, 1.54) is 18.4 Å². The monoisotopic (exact) mass is 420 g/mol. The van der Waals surface area contributed by atoms with Gasteiger partial charge < -0.3 is 15.4 Å². The molecule has 1 aliphatic heterocycles. The molecule has 2 N–H and O–H groups in total. The number of pyridine rings is 3. The Hall–Kier alpha value is -3.21. The smallest absolute Gasteiger partial charge is 0.138 e. The molecule has 3 aromatic heterocycles. The van der Waals surface area contributed by atoms with E-state index >= 15 is 0 Å². The molecule has 0 spiro atoms. The van der Waals surface area contributed by atoms with Crippen molar-refractivity contribution in [3.05, 3.63) is 60.0 Å². The Kier molecular flexibility index (Phi) is 5.79. The van der Waals surface area contributed by atoms with E-state index in [2.05, 4.69) is 38.8 Å². The molecule has 2 fully saturated rings. The second-order valence-electron chi connectivity index (χ2n) is 7.42. The first-order chi connectivity index (χ1) is 14.3. The normalized spacial score (nSPS) is 15.4. The average molecular weight is 421 g/mol. The highest BCUT2D eigenvalue weighted by Crippen LogP contribution is 2.42. The zero-order valence-electron chi connectivity index (χ0n) is 16.2. The van der Waals surface area contributed by atoms with E-state index in [0.717, 1.165) is 30.1 Å². The van der Waals surface area contributed by atoms with Gasteiger partial charge in [0.05, 0.1) is 23.5 Å². The third-order valence-electron chi connectivity index (χ3n) is 5.10. The Labute approximate surface area is 181 Å². The predicted molar refractivity (Wildman–Crippen MR) is 116 cm³/mol. The molecule has 8 heteroatoms. The molecule has 30 heavy (non-hydrogen) atoms. The minimum absolute atomic E-state index is 0. The van der Waals surface area contributed by atoms with Crippen LogP contribution in [0.2, 0.25) is 0 Å². The van der Waals surface area contributed by atoms with Crippen LogP contribution in [0.5, 0.6) is 5.75 Å². The maximum atomic E-state index is 9.11. The Balaban J connectivity index is 0.00000218. The molecule has 7 nitrogen and oxygen atoms in total. The third kappa shape index (κ3) is 4.51. The van der Waals surface area contributed by atoms with Crippen LogP contribution in [0.3, 0.4) is 0 Å². The summed E-state index contributed by atoms with van der Waals surface area (Å²) < 4.78 is 5.94. The Morgan fingerprint density at radius 3 is 2.70 bits per heavy atom. The molecule has 1 aliphatic carbocycles. The van der Waals surface area contributed by atoms with E-state index in [1.54, 1.807) is 24.5 Å². The number of hydrogen-bond acceptors (Lipinski definition) is 7. The van der Waals surface area contributed by atoms with Gasteiger partial charge in [0, 0.05) is 31.0 Å². The highest BCUT2D eigenvalue weighted by atomic mass is 35.5. The van der Waals surface area contributed by atoms with Gasteiger partial charge in [0.2, 0.25) is 0 Å². The lowest BCUT2D eigenvalue weighted by Crippen LogP contribution is -2.50. The molecule has 1 saturated heterocycles. The fraction of sp³-hybridized carbons (Fsp3) is 0.273. The summed E-state index contributed by atoms with van der Waals surface area (Å²) in [6, 6.07) is 11.7. The first-order valence-corrected chi connectivity index (χ1v) is 9.75. The van der Waals surface area contributed by atoms with E-state index in [-0.39, 0.29) is 18.5 Å². The SMILES string of the molecule is Cl.N#Cc1ccnc(Nc2cc(C3CC3)cc(-c3cncc(OC4CNC4)c3)n2)c1. The lowest BCUT2D eigenvalue weighted by atomic mass is 10.1. The molecular weight excluding hydrogens is 400 g/mol. The molecule has 1 saturated carbocycles. The molecule has 3 aromatic rings. The molecule has 2 aliphatic rings. The van der Waals surface area contributed by atoms with Crippen molar-refractivity contribution in [1.29, 1.82) is 5.26 Å². The standard InChI is InChI=1S/C22H20N6O.ClH/c23-9-14-3-4-26-21(5-14)28-22-8-16(15-1-2-15)7-20(27-22)17-6-18(11-24-10-17)29-19-12-25-13-19;/h3-8,10-11,15,19,25H,1-2,12-13H2,(H,26,27,28);1H. The summed E-state index contributed by atoms with van der Waals surface area (Å²) in [5.41, 5.74) is 3.57. The van der Waals surface area contributed by atoms with Crippen LogP contribution in [0.4, 0.5) is 11.6 Å². The zero-order chi connectivity index (χ0) is 19.6. The lowest BCUT2D eigenvalue weighted by Gasteiger charge is -2.27. The summed E-state index contributed by atoms with van der Waals surface area (Å²) in [5, 5.41) is 15.6. The zero-order valence-corrected chi connectivity index (χ0v) is 17.0. The first-order valence-electron chi connectivity index (χ1n) is 9.75. The van der Waals surface area contributed by atoms with E-state index in [0.29, 0.717) is 23.1 Å². The van der Waals surface area contributed by atoms with Gasteiger partial charge in [-0.15, -0.1) is 12.4 Å². The van der Waals surface area contributed by atoms with Crippen molar-refractivity contribution in [3.8, 4) is 23.1 Å². The van der Waals surface area contributed by atoms with Gasteiger partial charge >= 0.3 is 0 Å². The minimum Gasteiger partial charge on any atom is -0.486 e. The fourth-order valence-electron chi connectivity index (χ4n) is 3.28. The van der Waals surface area contributed by atoms with Gasteiger partial charge in [0.15, 0.2) is 0 Å². The van der Waals surface area contributed by atoms with Gasteiger partial charge in [-0.2, -0.15) is 5.26 Å². The van der Waals surface area contributed by atoms with Crippen LogP contribution in [0.1, 0.15) is 29.9 Å². The summed E-state index contributed by atoms with van der Waals surface area (Å²) >= 11 is 0. The lowest BCUT2D eigenvalue weighted by molar-refractivity contribution is 0.142. The molecule has 0 amide bonds. The van der Waals surface area contributed by atoms with Crippen LogP contribution in [0, 0.1) is 11.3 Å². The van der Waals surface area contributed by atoms with Gasteiger partial charge in [-0.1, -0.05) is 0 Å². The van der Waals surface area contributed by atoms with Crippen molar-refractivity contribution in [2.45, 2.75) is 24.9 Å². The van der Waals surface area contributed by atoms with Crippen molar-refractivity contribution in [3.63, 3.8) is 0 Å². The van der Waals surface area contributed by atoms with Crippen LogP contribution in [0.15, 0.2) is 48.9 Å². The number of ether oxygens (including phenoxy) is 1. The summed E-state index contributed by atoms with van der Waals surface area (Å²) in [6.45, 7) is 1.73. The minimum atomic E-state index is 0. The number of nitriles is 1. The van der Waals surface area contributed by atoms with Crippen molar-refractivity contribution in [2.75, 3.05) is 18.4 Å². The number of aromatic nitrogens is 3. The molecule has 0 aromatic carbocycles. The van der Waals surface area contributed by atoms with Crippen molar-refractivity contribution in [1.82, 2.24) is 20.3 Å². The first kappa shape index (κ1) is 20.1. The molecule has 5 rings (SSSR count). The van der Waals surface area contributed by atoms with Gasteiger partial charge in [0.25, 0.3) is 0 Å². The Morgan fingerprint density at radius 1 is 1.10 bits per heavy atom. The van der Waals surface area contributed by atoms with Crippen LogP contribution in [-0.4, -0.2) is 34.1 Å². The predicted octanol–water partition coefficient (Wildman–Crippen LogP) is 3.80. The summed E-state index contributed by atoms with van der Waals surface area (Å²) in [4.78, 5) is 13.4. The molecule has 0 unspecified atom stereocenters. The maximum absolute atomic E-state index is 9.11. The van der Waals surface area contributed by atoms with Crippen LogP contribution in [-0.2, 0) is 0 Å². The van der Waals surface area contributed by atoms with Crippen LogP contribution in [0.25, 0.3) is 11.3 Å². The number of anilines is 2. The van der Waals surface area contributed by atoms with Gasteiger partial charge in [-0.05, 0) is 54.7 Å². The number of nitrogens with one attached hydrogen (secondary N) is 2. The average Bonchev–Trinajstić information content (AvgIpc) is 3.56. The van der Waals surface area contributed by atoms with Crippen molar-refractivity contribution < 1.29 is 4.74 Å². The molecule has 152 valence electrons. The number of nitrogens with zero attached hydrogens (tertiary/aromatic N) is 4. The quantitative estimate of drug-likeness (QED) is 0.626. The second-order valence-corrected chi connectivity index (χ2v) is 7.42. The van der Waals surface area contributed by atoms with E-state index < -0.39 is 0 Å². The molecule has 0 atom stereocenters. The summed E-state index contributed by atoms with van der Waals surface area (Å²) in [6.07, 6.45) is 7.76. The number of hydrogen-bond donors (Lipinski definition) is 2. The third-order valence-corrected chi connectivity index (χ3v) is 5.10. The van der Waals surface area contributed by atoms with Gasteiger partial charge in [-0.3, -0.25) is 4.98 Å². The van der Waals surface area contributed by atoms with Crippen LogP contribution >= 0.6 is 12.4 Å². The number of rotatable bonds is 6. The Morgan fingerprint density at radius 2 is 1.97 bits per heavy atom. The molecule has 0 radical (unpaired) electrons. The Bertz CT molecular complexity index is 1090. The molecule has 0 bridgehead atoms. The van der Waals surface area contributed by atoms with E-state index in [9.17, 15) is 0 Å². The van der Waals surface area contributed by atoms with Gasteiger partial charge in [0.1, 0.15) is 23.5 Å². The van der Waals surface area contributed by atoms with Gasteiger partial charge in [-0.25, -0.2) is 9.97 Å². The van der Waals surface area contributed by atoms with E-state index in [1.807, 2.05) is 12.3 Å². The maximum Gasteiger partial charge on any atom is 0.138 e. The molecule has 4 heterocycles. The van der Waals surface area contributed by atoms with Crippen molar-refractivity contribution in [2.24, 2.45) is 0 Å². The number of halogens is 1. The summed E-state index contributed by atoms with van der Waals surface area (Å²) in [5.74, 6) is 2.64. The summed E-state index contributed by atoms with van der Waals surface area (Å²) in [7, 11) is 0. The van der Waals surface area contributed by atoms with E-state index in [4.69, 9.17) is 15.0 Å². The fourth-order valence-corrected chi connectivity index (χ4v) is 3.28. The molecular formula is C22H21ClN6O. The van der Waals surface area contributed by atoms with Crippen LogP contribution < -0.4 is 15.4 Å². The largest absolute Gasteiger partial charge is 0.486 e. The second kappa shape index (κ2) is 8.66.